The number of para-hydroxylation sites is 1. The first kappa shape index (κ1) is 21.1. The second kappa shape index (κ2) is 8.89. The smallest absolute Gasteiger partial charge is 0.240 e. The van der Waals surface area contributed by atoms with E-state index >= 15 is 0 Å². The maximum absolute atomic E-state index is 12.7. The molecular formula is C22H25ClN4O2S. The van der Waals surface area contributed by atoms with Crippen LogP contribution < -0.4 is 10.0 Å². The molecule has 0 radical (unpaired) electrons. The van der Waals surface area contributed by atoms with Crippen LogP contribution in [0.2, 0.25) is 5.02 Å². The lowest BCUT2D eigenvalue weighted by Gasteiger charge is -2.22. The molecule has 2 aromatic carbocycles. The van der Waals surface area contributed by atoms with Crippen molar-refractivity contribution in [1.82, 2.24) is 14.6 Å². The third-order valence-electron chi connectivity index (χ3n) is 5.58. The van der Waals surface area contributed by atoms with Crippen LogP contribution in [0, 0.1) is 0 Å². The van der Waals surface area contributed by atoms with Gasteiger partial charge in [-0.15, -0.1) is 0 Å². The summed E-state index contributed by atoms with van der Waals surface area (Å²) in [6, 6.07) is 14.5. The van der Waals surface area contributed by atoms with E-state index in [1.54, 1.807) is 36.5 Å². The third-order valence-corrected chi connectivity index (χ3v) is 7.32. The predicted octanol–water partition coefficient (Wildman–Crippen LogP) is 4.39. The maximum atomic E-state index is 12.7. The molecule has 0 saturated carbocycles. The SMILES string of the molecule is CCN1CCCC1CNS(=O)(=O)c1ccc(Nc2ccnc3c(Cl)cccc23)cc1. The third kappa shape index (κ3) is 4.44. The normalized spacial score (nSPS) is 17.5. The molecule has 1 unspecified atom stereocenters. The number of likely N-dealkylation sites (N-methyl/N-ethyl adjacent to an activating group) is 1. The zero-order valence-corrected chi connectivity index (χ0v) is 18.4. The second-order valence-electron chi connectivity index (χ2n) is 7.42. The Morgan fingerprint density at radius 2 is 1.97 bits per heavy atom. The van der Waals surface area contributed by atoms with Crippen LogP contribution in [0.5, 0.6) is 0 Å². The van der Waals surface area contributed by atoms with Crippen LogP contribution in [-0.2, 0) is 10.0 Å². The van der Waals surface area contributed by atoms with E-state index in [0.29, 0.717) is 11.6 Å². The Hall–Kier alpha value is -2.19. The minimum atomic E-state index is -3.54. The van der Waals surface area contributed by atoms with Crippen LogP contribution in [0.15, 0.2) is 59.6 Å². The number of hydrogen-bond acceptors (Lipinski definition) is 5. The number of sulfonamides is 1. The van der Waals surface area contributed by atoms with Crippen molar-refractivity contribution < 1.29 is 8.42 Å². The first-order chi connectivity index (χ1) is 14.5. The van der Waals surface area contributed by atoms with Crippen LogP contribution >= 0.6 is 11.6 Å². The molecule has 8 heteroatoms. The summed E-state index contributed by atoms with van der Waals surface area (Å²) in [6.45, 7) is 4.54. The van der Waals surface area contributed by atoms with Gasteiger partial charge in [-0.25, -0.2) is 13.1 Å². The van der Waals surface area contributed by atoms with E-state index in [-0.39, 0.29) is 10.9 Å². The summed E-state index contributed by atoms with van der Waals surface area (Å²) >= 11 is 6.23. The molecule has 2 heterocycles. The fourth-order valence-corrected chi connectivity index (χ4v) is 5.25. The summed E-state index contributed by atoms with van der Waals surface area (Å²) in [7, 11) is -3.54. The number of aromatic nitrogens is 1. The number of likely N-dealkylation sites (tertiary alicyclic amines) is 1. The quantitative estimate of drug-likeness (QED) is 0.565. The number of nitrogens with zero attached hydrogens (tertiary/aromatic N) is 2. The van der Waals surface area contributed by atoms with Crippen molar-refractivity contribution in [2.45, 2.75) is 30.7 Å². The van der Waals surface area contributed by atoms with Gasteiger partial charge in [0.1, 0.15) is 0 Å². The van der Waals surface area contributed by atoms with Crippen molar-refractivity contribution in [1.29, 1.82) is 0 Å². The number of pyridine rings is 1. The number of benzene rings is 2. The maximum Gasteiger partial charge on any atom is 0.240 e. The standard InChI is InChI=1S/C22H25ClN4O2S/c1-2-27-14-4-5-17(27)15-25-30(28,29)18-10-8-16(9-11-18)26-21-12-13-24-22-19(21)6-3-7-20(22)23/h3,6-13,17,25H,2,4-5,14-15H2,1H3,(H,24,26). The minimum Gasteiger partial charge on any atom is -0.355 e. The molecule has 1 aliphatic rings. The van der Waals surface area contributed by atoms with Gasteiger partial charge in [0.05, 0.1) is 15.4 Å². The van der Waals surface area contributed by atoms with E-state index in [0.717, 1.165) is 48.2 Å². The van der Waals surface area contributed by atoms with Crippen molar-refractivity contribution in [2.75, 3.05) is 25.0 Å². The highest BCUT2D eigenvalue weighted by molar-refractivity contribution is 7.89. The molecule has 0 spiro atoms. The number of nitrogens with one attached hydrogen (secondary N) is 2. The highest BCUT2D eigenvalue weighted by atomic mass is 35.5. The molecule has 4 rings (SSSR count). The zero-order chi connectivity index (χ0) is 21.1. The van der Waals surface area contributed by atoms with Gasteiger partial charge in [0.15, 0.2) is 0 Å². The molecular weight excluding hydrogens is 420 g/mol. The number of anilines is 2. The predicted molar refractivity (Wildman–Crippen MR) is 122 cm³/mol. The zero-order valence-electron chi connectivity index (χ0n) is 16.8. The number of halogens is 1. The Labute approximate surface area is 182 Å². The fraction of sp³-hybridized carbons (Fsp3) is 0.318. The van der Waals surface area contributed by atoms with Crippen molar-refractivity contribution in [3.63, 3.8) is 0 Å². The van der Waals surface area contributed by atoms with E-state index < -0.39 is 10.0 Å². The summed E-state index contributed by atoms with van der Waals surface area (Å²) in [5.74, 6) is 0. The second-order valence-corrected chi connectivity index (χ2v) is 9.59. The lowest BCUT2D eigenvalue weighted by molar-refractivity contribution is 0.268. The van der Waals surface area contributed by atoms with Gasteiger partial charge in [0.25, 0.3) is 0 Å². The molecule has 1 saturated heterocycles. The molecule has 30 heavy (non-hydrogen) atoms. The summed E-state index contributed by atoms with van der Waals surface area (Å²) in [5, 5.41) is 4.82. The van der Waals surface area contributed by atoms with Crippen LogP contribution in [0.3, 0.4) is 0 Å². The number of fused-ring (bicyclic) bond motifs is 1. The van der Waals surface area contributed by atoms with Crippen molar-refractivity contribution >= 4 is 43.9 Å². The Morgan fingerprint density at radius 3 is 2.73 bits per heavy atom. The van der Waals surface area contributed by atoms with E-state index in [1.807, 2.05) is 18.2 Å². The molecule has 1 atom stereocenters. The molecule has 0 aliphatic carbocycles. The van der Waals surface area contributed by atoms with Crippen LogP contribution in [-0.4, -0.2) is 44.0 Å². The van der Waals surface area contributed by atoms with Crippen molar-refractivity contribution in [2.24, 2.45) is 0 Å². The summed E-state index contributed by atoms with van der Waals surface area (Å²) in [5.41, 5.74) is 2.37. The Kier molecular flexibility index (Phi) is 6.24. The molecule has 0 amide bonds. The number of rotatable bonds is 7. The first-order valence-corrected chi connectivity index (χ1v) is 12.0. The Morgan fingerprint density at radius 1 is 1.17 bits per heavy atom. The monoisotopic (exact) mass is 444 g/mol. The van der Waals surface area contributed by atoms with Gasteiger partial charge < -0.3 is 5.32 Å². The lowest BCUT2D eigenvalue weighted by Crippen LogP contribution is -2.39. The Bertz CT molecular complexity index is 1140. The van der Waals surface area contributed by atoms with Gasteiger partial charge in [-0.1, -0.05) is 30.7 Å². The minimum absolute atomic E-state index is 0.261. The van der Waals surface area contributed by atoms with Crippen LogP contribution in [0.1, 0.15) is 19.8 Å². The topological polar surface area (TPSA) is 74.3 Å². The highest BCUT2D eigenvalue weighted by Gasteiger charge is 2.25. The van der Waals surface area contributed by atoms with Gasteiger partial charge in [0.2, 0.25) is 10.0 Å². The summed E-state index contributed by atoms with van der Waals surface area (Å²) in [4.78, 5) is 6.91. The average molecular weight is 445 g/mol. The first-order valence-electron chi connectivity index (χ1n) is 10.1. The van der Waals surface area contributed by atoms with Gasteiger partial charge in [0, 0.05) is 35.5 Å². The van der Waals surface area contributed by atoms with Gasteiger partial charge in [-0.05, 0) is 62.3 Å². The molecule has 2 N–H and O–H groups in total. The average Bonchev–Trinajstić information content (AvgIpc) is 3.21. The van der Waals surface area contributed by atoms with E-state index in [4.69, 9.17) is 11.6 Å². The van der Waals surface area contributed by atoms with Gasteiger partial charge >= 0.3 is 0 Å². The molecule has 158 valence electrons. The molecule has 0 bridgehead atoms. The van der Waals surface area contributed by atoms with E-state index in [9.17, 15) is 8.42 Å². The van der Waals surface area contributed by atoms with Crippen LogP contribution in [0.4, 0.5) is 11.4 Å². The van der Waals surface area contributed by atoms with Crippen molar-refractivity contribution in [3.05, 3.63) is 59.8 Å². The summed E-state index contributed by atoms with van der Waals surface area (Å²) in [6.07, 6.45) is 3.85. The highest BCUT2D eigenvalue weighted by Crippen LogP contribution is 2.29. The van der Waals surface area contributed by atoms with Crippen LogP contribution in [0.25, 0.3) is 10.9 Å². The van der Waals surface area contributed by atoms with E-state index in [2.05, 4.69) is 26.8 Å². The van der Waals surface area contributed by atoms with Gasteiger partial charge in [-0.3, -0.25) is 9.88 Å². The molecule has 1 fully saturated rings. The fourth-order valence-electron chi connectivity index (χ4n) is 3.95. The number of hydrogen-bond donors (Lipinski definition) is 2. The van der Waals surface area contributed by atoms with Gasteiger partial charge in [-0.2, -0.15) is 0 Å². The molecule has 6 nitrogen and oxygen atoms in total. The molecule has 3 aromatic rings. The molecule has 1 aromatic heterocycles. The largest absolute Gasteiger partial charge is 0.355 e. The Balaban J connectivity index is 1.47. The summed E-state index contributed by atoms with van der Waals surface area (Å²) < 4.78 is 28.2. The van der Waals surface area contributed by atoms with E-state index in [1.165, 1.54) is 0 Å². The van der Waals surface area contributed by atoms with Crippen molar-refractivity contribution in [3.8, 4) is 0 Å². The lowest BCUT2D eigenvalue weighted by atomic mass is 10.2. The molecule has 1 aliphatic heterocycles.